The molecule has 1 heterocycles. The van der Waals surface area contributed by atoms with Crippen molar-refractivity contribution in [3.63, 3.8) is 0 Å². The summed E-state index contributed by atoms with van der Waals surface area (Å²) in [5.41, 5.74) is 5.89. The molecule has 92 valence electrons. The summed E-state index contributed by atoms with van der Waals surface area (Å²) in [5, 5.41) is 5.43. The Labute approximate surface area is 106 Å². The molecule has 4 nitrogen and oxygen atoms in total. The molecule has 1 rings (SSSR count). The third kappa shape index (κ3) is 4.08. The van der Waals surface area contributed by atoms with Crippen LogP contribution < -0.4 is 11.1 Å². The van der Waals surface area contributed by atoms with Gasteiger partial charge < -0.3 is 11.1 Å². The molecule has 0 radical (unpaired) electrons. The summed E-state index contributed by atoms with van der Waals surface area (Å²) >= 11 is 1.42. The van der Waals surface area contributed by atoms with Crippen molar-refractivity contribution in [1.29, 1.82) is 0 Å². The Bertz CT molecular complexity index is 341. The zero-order valence-corrected chi connectivity index (χ0v) is 11.3. The van der Waals surface area contributed by atoms with Gasteiger partial charge in [0.25, 0.3) is 5.91 Å². The van der Waals surface area contributed by atoms with Crippen molar-refractivity contribution in [2.24, 2.45) is 11.7 Å². The van der Waals surface area contributed by atoms with Crippen molar-refractivity contribution in [2.45, 2.75) is 33.4 Å². The maximum Gasteiger partial charge on any atom is 0.270 e. The number of thiazole rings is 1. The standard InChI is InChI=1S/C10H17N3OS.ClH/c1-6(2)7(3)12-10(14)8-5-15-9(4-11)13-8;/h5-7H,4,11H2,1-3H3,(H,12,14);1H. The second kappa shape index (κ2) is 6.83. The smallest absolute Gasteiger partial charge is 0.270 e. The van der Waals surface area contributed by atoms with E-state index in [2.05, 4.69) is 24.1 Å². The van der Waals surface area contributed by atoms with E-state index < -0.39 is 0 Å². The monoisotopic (exact) mass is 263 g/mol. The van der Waals surface area contributed by atoms with Gasteiger partial charge in [0.2, 0.25) is 0 Å². The van der Waals surface area contributed by atoms with Crippen molar-refractivity contribution in [3.8, 4) is 0 Å². The Morgan fingerprint density at radius 3 is 2.62 bits per heavy atom. The van der Waals surface area contributed by atoms with Gasteiger partial charge in [-0.25, -0.2) is 4.98 Å². The number of hydrogen-bond acceptors (Lipinski definition) is 4. The van der Waals surface area contributed by atoms with Crippen molar-refractivity contribution in [1.82, 2.24) is 10.3 Å². The molecule has 0 fully saturated rings. The van der Waals surface area contributed by atoms with E-state index in [1.807, 2.05) is 6.92 Å². The molecule has 6 heteroatoms. The van der Waals surface area contributed by atoms with Crippen LogP contribution in [0, 0.1) is 5.92 Å². The number of amides is 1. The minimum atomic E-state index is -0.118. The Morgan fingerprint density at radius 2 is 2.19 bits per heavy atom. The lowest BCUT2D eigenvalue weighted by Gasteiger charge is -2.16. The van der Waals surface area contributed by atoms with Gasteiger partial charge in [-0.1, -0.05) is 13.8 Å². The number of carbonyl (C=O) groups is 1. The van der Waals surface area contributed by atoms with Crippen molar-refractivity contribution in [2.75, 3.05) is 0 Å². The number of carbonyl (C=O) groups excluding carboxylic acids is 1. The molecule has 0 aliphatic carbocycles. The first-order valence-corrected chi connectivity index (χ1v) is 5.88. The lowest BCUT2D eigenvalue weighted by Crippen LogP contribution is -2.36. The minimum Gasteiger partial charge on any atom is -0.348 e. The maximum absolute atomic E-state index is 11.7. The van der Waals surface area contributed by atoms with Gasteiger partial charge in [0.05, 0.1) is 0 Å². The van der Waals surface area contributed by atoms with E-state index in [9.17, 15) is 4.79 Å². The van der Waals surface area contributed by atoms with Crippen LogP contribution in [0.25, 0.3) is 0 Å². The lowest BCUT2D eigenvalue weighted by atomic mass is 10.1. The molecule has 1 unspecified atom stereocenters. The van der Waals surface area contributed by atoms with Gasteiger partial charge in [-0.05, 0) is 12.8 Å². The first kappa shape index (κ1) is 15.3. The van der Waals surface area contributed by atoms with Gasteiger partial charge in [0, 0.05) is 18.0 Å². The predicted molar refractivity (Wildman–Crippen MR) is 69.0 cm³/mol. The fourth-order valence-electron chi connectivity index (χ4n) is 0.956. The number of rotatable bonds is 4. The lowest BCUT2D eigenvalue weighted by molar-refractivity contribution is 0.0926. The second-order valence-electron chi connectivity index (χ2n) is 3.84. The summed E-state index contributed by atoms with van der Waals surface area (Å²) in [6.45, 7) is 6.51. The predicted octanol–water partition coefficient (Wildman–Crippen LogP) is 1.80. The highest BCUT2D eigenvalue weighted by Gasteiger charge is 2.14. The summed E-state index contributed by atoms with van der Waals surface area (Å²) in [5.74, 6) is 0.300. The Hall–Kier alpha value is -0.650. The van der Waals surface area contributed by atoms with Crippen molar-refractivity contribution < 1.29 is 4.79 Å². The second-order valence-corrected chi connectivity index (χ2v) is 4.78. The number of hydrogen-bond donors (Lipinski definition) is 2. The van der Waals surface area contributed by atoms with Gasteiger partial charge in [0.1, 0.15) is 10.7 Å². The maximum atomic E-state index is 11.7. The molecule has 1 amide bonds. The Balaban J connectivity index is 0.00000225. The largest absolute Gasteiger partial charge is 0.348 e. The van der Waals surface area contributed by atoms with Crippen LogP contribution in [0.2, 0.25) is 0 Å². The third-order valence-corrected chi connectivity index (χ3v) is 3.19. The normalized spacial score (nSPS) is 12.1. The van der Waals surface area contributed by atoms with Crippen LogP contribution in [0.5, 0.6) is 0 Å². The van der Waals surface area contributed by atoms with Gasteiger partial charge in [-0.3, -0.25) is 4.79 Å². The highest BCUT2D eigenvalue weighted by Crippen LogP contribution is 2.09. The number of nitrogens with two attached hydrogens (primary N) is 1. The number of aromatic nitrogens is 1. The SMILES string of the molecule is CC(C)C(C)NC(=O)c1csc(CN)n1.Cl. The minimum absolute atomic E-state index is 0. The number of nitrogens with zero attached hydrogens (tertiary/aromatic N) is 1. The van der Waals surface area contributed by atoms with Crippen LogP contribution in [-0.4, -0.2) is 16.9 Å². The summed E-state index contributed by atoms with van der Waals surface area (Å²) in [7, 11) is 0. The molecule has 3 N–H and O–H groups in total. The molecule has 0 spiro atoms. The molecule has 0 aromatic carbocycles. The summed E-state index contributed by atoms with van der Waals surface area (Å²) in [4.78, 5) is 15.8. The first-order valence-electron chi connectivity index (χ1n) is 5.00. The van der Waals surface area contributed by atoms with Crippen LogP contribution in [0.1, 0.15) is 36.3 Å². The zero-order valence-electron chi connectivity index (χ0n) is 9.69. The van der Waals surface area contributed by atoms with E-state index in [0.717, 1.165) is 5.01 Å². The summed E-state index contributed by atoms with van der Waals surface area (Å²) in [6, 6.07) is 0.153. The molecule has 1 aromatic heterocycles. The number of halogens is 1. The molecule has 0 aliphatic heterocycles. The van der Waals surface area contributed by atoms with Crippen molar-refractivity contribution >= 4 is 29.7 Å². The summed E-state index contributed by atoms with van der Waals surface area (Å²) < 4.78 is 0. The van der Waals surface area contributed by atoms with Crippen LogP contribution in [0.15, 0.2) is 5.38 Å². The van der Waals surface area contributed by atoms with Crippen molar-refractivity contribution in [3.05, 3.63) is 16.1 Å². The van der Waals surface area contributed by atoms with Gasteiger partial charge >= 0.3 is 0 Å². The topological polar surface area (TPSA) is 68.0 Å². The van der Waals surface area contributed by atoms with Crippen LogP contribution in [-0.2, 0) is 6.54 Å². The van der Waals surface area contributed by atoms with Crippen LogP contribution in [0.4, 0.5) is 0 Å². The molecule has 1 atom stereocenters. The molecular formula is C10H18ClN3OS. The fourth-order valence-corrected chi connectivity index (χ4v) is 1.61. The Kier molecular flexibility index (Phi) is 6.55. The fraction of sp³-hybridized carbons (Fsp3) is 0.600. The highest BCUT2D eigenvalue weighted by atomic mass is 35.5. The molecule has 0 aliphatic rings. The molecule has 0 saturated carbocycles. The molecule has 0 bridgehead atoms. The van der Waals surface area contributed by atoms with E-state index >= 15 is 0 Å². The molecule has 0 saturated heterocycles. The van der Waals surface area contributed by atoms with Gasteiger partial charge in [0.15, 0.2) is 0 Å². The summed E-state index contributed by atoms with van der Waals surface area (Å²) in [6.07, 6.45) is 0. The highest BCUT2D eigenvalue weighted by molar-refractivity contribution is 7.09. The van der Waals surface area contributed by atoms with E-state index in [1.54, 1.807) is 5.38 Å². The molecule has 16 heavy (non-hydrogen) atoms. The third-order valence-electron chi connectivity index (χ3n) is 2.32. The molecular weight excluding hydrogens is 246 g/mol. The van der Waals surface area contributed by atoms with E-state index in [-0.39, 0.29) is 24.4 Å². The van der Waals surface area contributed by atoms with E-state index in [4.69, 9.17) is 5.73 Å². The van der Waals surface area contributed by atoms with Gasteiger partial charge in [-0.15, -0.1) is 23.7 Å². The van der Waals surface area contributed by atoms with Crippen LogP contribution >= 0.6 is 23.7 Å². The zero-order chi connectivity index (χ0) is 11.4. The van der Waals surface area contributed by atoms with Gasteiger partial charge in [-0.2, -0.15) is 0 Å². The number of nitrogens with one attached hydrogen (secondary N) is 1. The average molecular weight is 264 g/mol. The van der Waals surface area contributed by atoms with Crippen LogP contribution in [0.3, 0.4) is 0 Å². The molecule has 1 aromatic rings. The Morgan fingerprint density at radius 1 is 1.56 bits per heavy atom. The first-order chi connectivity index (χ1) is 7.04. The quantitative estimate of drug-likeness (QED) is 0.870. The average Bonchev–Trinajstić information content (AvgIpc) is 2.65. The van der Waals surface area contributed by atoms with E-state index in [0.29, 0.717) is 18.2 Å². The van der Waals surface area contributed by atoms with E-state index in [1.165, 1.54) is 11.3 Å².